The van der Waals surface area contributed by atoms with Gasteiger partial charge in [-0.05, 0) is 50.8 Å². The smallest absolute Gasteiger partial charge is 0.183 e. The van der Waals surface area contributed by atoms with Crippen molar-refractivity contribution in [3.8, 4) is 11.4 Å². The van der Waals surface area contributed by atoms with Gasteiger partial charge in [-0.3, -0.25) is 0 Å². The Balaban J connectivity index is 1.84. The van der Waals surface area contributed by atoms with E-state index in [1.165, 1.54) is 19.3 Å². The molecule has 0 atom stereocenters. The Kier molecular flexibility index (Phi) is 3.50. The van der Waals surface area contributed by atoms with E-state index in [-0.39, 0.29) is 0 Å². The molecule has 1 aromatic carbocycles. The van der Waals surface area contributed by atoms with Crippen molar-refractivity contribution in [1.82, 2.24) is 20.2 Å². The number of hydrogen-bond acceptors (Lipinski definition) is 4. The van der Waals surface area contributed by atoms with Crippen LogP contribution in [-0.2, 0) is 6.54 Å². The van der Waals surface area contributed by atoms with Gasteiger partial charge >= 0.3 is 0 Å². The predicted octanol–water partition coefficient (Wildman–Crippen LogP) is 2.88. The Labute approximate surface area is 120 Å². The molecule has 0 aliphatic heterocycles. The summed E-state index contributed by atoms with van der Waals surface area (Å²) in [6.45, 7) is 0.869. The van der Waals surface area contributed by atoms with Crippen molar-refractivity contribution in [2.75, 3.05) is 5.73 Å². The van der Waals surface area contributed by atoms with Gasteiger partial charge < -0.3 is 5.73 Å². The molecule has 2 aromatic rings. The van der Waals surface area contributed by atoms with Crippen molar-refractivity contribution in [2.45, 2.75) is 32.2 Å². The fourth-order valence-electron chi connectivity index (χ4n) is 2.36. The van der Waals surface area contributed by atoms with Gasteiger partial charge in [-0.15, -0.1) is 5.10 Å². The van der Waals surface area contributed by atoms with Crippen LogP contribution in [0.5, 0.6) is 0 Å². The van der Waals surface area contributed by atoms with Gasteiger partial charge in [0.2, 0.25) is 0 Å². The number of aryl methyl sites for hydroxylation is 1. The number of nitrogens with zero attached hydrogens (tertiary/aromatic N) is 4. The van der Waals surface area contributed by atoms with Crippen LogP contribution in [0.1, 0.15) is 25.7 Å². The van der Waals surface area contributed by atoms with Gasteiger partial charge in [0.25, 0.3) is 0 Å². The molecule has 0 saturated heterocycles. The van der Waals surface area contributed by atoms with Crippen LogP contribution in [-0.4, -0.2) is 20.2 Å². The average molecular weight is 322 g/mol. The summed E-state index contributed by atoms with van der Waals surface area (Å²) >= 11 is 3.51. The van der Waals surface area contributed by atoms with Gasteiger partial charge in [-0.25, -0.2) is 4.68 Å². The lowest BCUT2D eigenvalue weighted by molar-refractivity contribution is 0.277. The molecule has 0 spiro atoms. The maximum Gasteiger partial charge on any atom is 0.183 e. The Morgan fingerprint density at radius 3 is 2.95 bits per heavy atom. The fourth-order valence-corrected chi connectivity index (χ4v) is 2.80. The largest absolute Gasteiger partial charge is 0.398 e. The number of nitrogens with two attached hydrogens (primary N) is 1. The van der Waals surface area contributed by atoms with Gasteiger partial charge in [-0.1, -0.05) is 25.3 Å². The Hall–Kier alpha value is -1.43. The second-order valence-corrected chi connectivity index (χ2v) is 5.81. The van der Waals surface area contributed by atoms with E-state index in [9.17, 15) is 0 Å². The summed E-state index contributed by atoms with van der Waals surface area (Å²) < 4.78 is 2.73. The molecule has 1 heterocycles. The highest BCUT2D eigenvalue weighted by atomic mass is 79.9. The van der Waals surface area contributed by atoms with E-state index in [2.05, 4.69) is 31.5 Å². The summed E-state index contributed by atoms with van der Waals surface area (Å²) in [7, 11) is 0. The quantitative estimate of drug-likeness (QED) is 0.879. The van der Waals surface area contributed by atoms with Gasteiger partial charge in [0.05, 0.1) is 4.47 Å². The Bertz CT molecular complexity index is 576. The first-order valence-electron chi connectivity index (χ1n) is 6.56. The van der Waals surface area contributed by atoms with E-state index in [4.69, 9.17) is 5.73 Å². The number of hydrogen-bond donors (Lipinski definition) is 1. The van der Waals surface area contributed by atoms with Crippen molar-refractivity contribution in [1.29, 1.82) is 0 Å². The maximum absolute atomic E-state index is 5.90. The minimum Gasteiger partial charge on any atom is -0.398 e. The molecule has 3 rings (SSSR count). The molecule has 1 saturated carbocycles. The molecular formula is C13H16BrN5. The summed E-state index contributed by atoms with van der Waals surface area (Å²) in [4.78, 5) is 0. The number of rotatable bonds is 4. The lowest BCUT2D eigenvalue weighted by Gasteiger charge is -2.25. The third kappa shape index (κ3) is 2.49. The lowest BCUT2D eigenvalue weighted by atomic mass is 9.83. The molecule has 1 aliphatic carbocycles. The highest BCUT2D eigenvalue weighted by Crippen LogP contribution is 2.32. The first-order chi connectivity index (χ1) is 9.25. The molecule has 0 amide bonds. The molecule has 0 bridgehead atoms. The summed E-state index contributed by atoms with van der Waals surface area (Å²) in [5, 5.41) is 12.0. The Morgan fingerprint density at radius 1 is 1.37 bits per heavy atom. The number of benzene rings is 1. The third-order valence-corrected chi connectivity index (χ3v) is 4.66. The van der Waals surface area contributed by atoms with Crippen LogP contribution in [0.15, 0.2) is 22.7 Å². The molecule has 19 heavy (non-hydrogen) atoms. The van der Waals surface area contributed by atoms with Crippen LogP contribution < -0.4 is 5.73 Å². The van der Waals surface area contributed by atoms with E-state index in [0.29, 0.717) is 5.69 Å². The van der Waals surface area contributed by atoms with Gasteiger partial charge in [0.1, 0.15) is 0 Å². The fraction of sp³-hybridized carbons (Fsp3) is 0.462. The minimum absolute atomic E-state index is 0.700. The summed E-state index contributed by atoms with van der Waals surface area (Å²) in [5.41, 5.74) is 7.55. The van der Waals surface area contributed by atoms with Crippen LogP contribution in [0.25, 0.3) is 11.4 Å². The van der Waals surface area contributed by atoms with Gasteiger partial charge in [0.15, 0.2) is 5.82 Å². The van der Waals surface area contributed by atoms with E-state index in [1.807, 2.05) is 22.9 Å². The molecular weight excluding hydrogens is 306 g/mol. The highest BCUT2D eigenvalue weighted by molar-refractivity contribution is 9.10. The molecule has 0 unspecified atom stereocenters. The van der Waals surface area contributed by atoms with Crippen LogP contribution >= 0.6 is 15.9 Å². The van der Waals surface area contributed by atoms with Crippen molar-refractivity contribution in [3.05, 3.63) is 22.7 Å². The van der Waals surface area contributed by atoms with E-state index < -0.39 is 0 Å². The summed E-state index contributed by atoms with van der Waals surface area (Å²) in [6.07, 6.45) is 5.21. The van der Waals surface area contributed by atoms with Crippen molar-refractivity contribution in [3.63, 3.8) is 0 Å². The number of aromatic nitrogens is 4. The van der Waals surface area contributed by atoms with Gasteiger partial charge in [-0.2, -0.15) is 0 Å². The zero-order chi connectivity index (χ0) is 13.2. The lowest BCUT2D eigenvalue weighted by Crippen LogP contribution is -2.15. The third-order valence-electron chi connectivity index (χ3n) is 3.78. The number of anilines is 1. The van der Waals surface area contributed by atoms with Crippen molar-refractivity contribution in [2.24, 2.45) is 5.92 Å². The standard InChI is InChI=1S/C13H16BrN5/c14-12-10(5-2-6-11(12)15)13-16-17-18-19(13)8-7-9-3-1-4-9/h2,5-6,9H,1,3-4,7-8,15H2. The molecule has 6 heteroatoms. The maximum atomic E-state index is 5.90. The summed E-state index contributed by atoms with van der Waals surface area (Å²) in [5.74, 6) is 1.62. The number of halogens is 1. The van der Waals surface area contributed by atoms with E-state index in [0.717, 1.165) is 34.7 Å². The predicted molar refractivity (Wildman–Crippen MR) is 77.3 cm³/mol. The molecule has 0 radical (unpaired) electrons. The molecule has 1 aromatic heterocycles. The SMILES string of the molecule is Nc1cccc(-c2nnnn2CCC2CCC2)c1Br. The molecule has 1 aliphatic rings. The summed E-state index contributed by atoms with van der Waals surface area (Å²) in [6, 6.07) is 5.75. The molecule has 1 fully saturated rings. The van der Waals surface area contributed by atoms with Crippen molar-refractivity contribution >= 4 is 21.6 Å². The number of nitrogen functional groups attached to an aromatic ring is 1. The van der Waals surface area contributed by atoms with E-state index >= 15 is 0 Å². The first-order valence-corrected chi connectivity index (χ1v) is 7.35. The molecule has 2 N–H and O–H groups in total. The second kappa shape index (κ2) is 5.28. The van der Waals surface area contributed by atoms with Crippen molar-refractivity contribution < 1.29 is 0 Å². The topological polar surface area (TPSA) is 69.6 Å². The van der Waals surface area contributed by atoms with E-state index in [1.54, 1.807) is 0 Å². The first kappa shape index (κ1) is 12.6. The zero-order valence-electron chi connectivity index (χ0n) is 10.6. The normalized spacial score (nSPS) is 15.4. The second-order valence-electron chi connectivity index (χ2n) is 5.02. The minimum atomic E-state index is 0.700. The molecule has 5 nitrogen and oxygen atoms in total. The number of tetrazole rings is 1. The van der Waals surface area contributed by atoms with Crippen LogP contribution in [0.4, 0.5) is 5.69 Å². The molecule has 100 valence electrons. The highest BCUT2D eigenvalue weighted by Gasteiger charge is 2.19. The van der Waals surface area contributed by atoms with Gasteiger partial charge in [0, 0.05) is 17.8 Å². The van der Waals surface area contributed by atoms with Crippen LogP contribution in [0.2, 0.25) is 0 Å². The average Bonchev–Trinajstić information content (AvgIpc) is 2.79. The zero-order valence-corrected chi connectivity index (χ0v) is 12.2. The Morgan fingerprint density at radius 2 is 2.21 bits per heavy atom. The van der Waals surface area contributed by atoms with Crippen LogP contribution in [0, 0.1) is 5.92 Å². The monoisotopic (exact) mass is 321 g/mol. The van der Waals surface area contributed by atoms with Crippen LogP contribution in [0.3, 0.4) is 0 Å².